The maximum atomic E-state index is 11.5. The summed E-state index contributed by atoms with van der Waals surface area (Å²) in [6.07, 6.45) is 1.68. The number of Topliss-reactive ketones (excluding diaryl/α,β-unsaturated/α-hetero) is 1. The van der Waals surface area contributed by atoms with E-state index in [1.54, 1.807) is 6.92 Å². The molecule has 0 bridgehead atoms. The number of rotatable bonds is 3. The quantitative estimate of drug-likeness (QED) is 0.601. The summed E-state index contributed by atoms with van der Waals surface area (Å²) in [4.78, 5) is 22.7. The average Bonchev–Trinajstić information content (AvgIpc) is 2.19. The Morgan fingerprint density at radius 3 is 2.93 bits per heavy atom. The minimum Gasteiger partial charge on any atom is -0.504 e. The van der Waals surface area contributed by atoms with Gasteiger partial charge in [-0.15, -0.1) is 0 Å². The van der Waals surface area contributed by atoms with Crippen LogP contribution in [0.15, 0.2) is 23.0 Å². The molecule has 0 saturated carbocycles. The van der Waals surface area contributed by atoms with Crippen LogP contribution in [0.5, 0.6) is 0 Å². The number of hydrogen-bond donors (Lipinski definition) is 3. The molecule has 1 amide bonds. The fourth-order valence-electron chi connectivity index (χ4n) is 1.31. The van der Waals surface area contributed by atoms with Crippen LogP contribution in [0, 0.1) is 0 Å². The first-order valence-corrected chi connectivity index (χ1v) is 4.68. The maximum Gasteiger partial charge on any atom is 0.255 e. The fourth-order valence-corrected chi connectivity index (χ4v) is 1.31. The summed E-state index contributed by atoms with van der Waals surface area (Å²) >= 11 is 0. The zero-order valence-electron chi connectivity index (χ0n) is 8.54. The van der Waals surface area contributed by atoms with Crippen molar-refractivity contribution in [1.82, 2.24) is 5.32 Å². The lowest BCUT2D eigenvalue weighted by Gasteiger charge is -2.12. The Kier molecular flexibility index (Phi) is 3.62. The third-order valence-electron chi connectivity index (χ3n) is 2.02. The highest BCUT2D eigenvalue weighted by Crippen LogP contribution is 2.19. The van der Waals surface area contributed by atoms with Gasteiger partial charge in [-0.25, -0.2) is 0 Å². The van der Waals surface area contributed by atoms with Crippen molar-refractivity contribution in [3.8, 4) is 0 Å². The zero-order chi connectivity index (χ0) is 11.4. The standard InChI is InChI=1S/C10H14N2O3/c1-6-4-7(9(14)8(13)5-6)10(15)12-3-2-11/h4,14H,2-3,5,11H2,1H3,(H,12,15). The lowest BCUT2D eigenvalue weighted by molar-refractivity contribution is -0.120. The van der Waals surface area contributed by atoms with E-state index in [1.165, 1.54) is 6.08 Å². The van der Waals surface area contributed by atoms with Crippen LogP contribution >= 0.6 is 0 Å². The predicted molar refractivity (Wildman–Crippen MR) is 55.1 cm³/mol. The third-order valence-corrected chi connectivity index (χ3v) is 2.02. The van der Waals surface area contributed by atoms with Crippen molar-refractivity contribution in [2.75, 3.05) is 13.1 Å². The number of hydrogen-bond acceptors (Lipinski definition) is 4. The summed E-state index contributed by atoms with van der Waals surface area (Å²) in [5, 5.41) is 11.9. The molecule has 0 fully saturated rings. The van der Waals surface area contributed by atoms with Gasteiger partial charge in [0.25, 0.3) is 5.91 Å². The number of nitrogens with one attached hydrogen (secondary N) is 1. The van der Waals surface area contributed by atoms with E-state index in [2.05, 4.69) is 5.32 Å². The van der Waals surface area contributed by atoms with E-state index in [1.807, 2.05) is 0 Å². The molecule has 0 aliphatic heterocycles. The smallest absolute Gasteiger partial charge is 0.255 e. The maximum absolute atomic E-state index is 11.5. The van der Waals surface area contributed by atoms with Gasteiger partial charge in [-0.3, -0.25) is 9.59 Å². The van der Waals surface area contributed by atoms with Gasteiger partial charge in [0.1, 0.15) is 0 Å². The molecule has 0 aromatic heterocycles. The molecule has 0 aromatic rings. The molecule has 0 atom stereocenters. The van der Waals surface area contributed by atoms with Crippen molar-refractivity contribution in [3.05, 3.63) is 23.0 Å². The minimum absolute atomic E-state index is 0.0252. The first kappa shape index (κ1) is 11.5. The Morgan fingerprint density at radius 2 is 2.33 bits per heavy atom. The fraction of sp³-hybridized carbons (Fsp3) is 0.400. The largest absolute Gasteiger partial charge is 0.504 e. The normalized spacial score (nSPS) is 16.4. The molecule has 0 saturated heterocycles. The molecule has 4 N–H and O–H groups in total. The molecule has 82 valence electrons. The Bertz CT molecular complexity index is 356. The van der Waals surface area contributed by atoms with Crippen molar-refractivity contribution >= 4 is 11.7 Å². The van der Waals surface area contributed by atoms with Gasteiger partial charge < -0.3 is 16.2 Å². The second kappa shape index (κ2) is 4.75. The summed E-state index contributed by atoms with van der Waals surface area (Å²) in [7, 11) is 0. The lowest BCUT2D eigenvalue weighted by atomic mass is 9.97. The van der Waals surface area contributed by atoms with Gasteiger partial charge in [0.15, 0.2) is 5.76 Å². The van der Waals surface area contributed by atoms with Crippen LogP contribution in [-0.2, 0) is 9.59 Å². The minimum atomic E-state index is -0.467. The van der Waals surface area contributed by atoms with Crippen LogP contribution in [0.1, 0.15) is 13.3 Å². The molecule has 0 radical (unpaired) electrons. The predicted octanol–water partition coefficient (Wildman–Crippen LogP) is -0.208. The van der Waals surface area contributed by atoms with Crippen LogP contribution in [0.25, 0.3) is 0 Å². The molecule has 5 heteroatoms. The van der Waals surface area contributed by atoms with Crippen molar-refractivity contribution in [2.24, 2.45) is 5.73 Å². The molecule has 0 unspecified atom stereocenters. The third kappa shape index (κ3) is 2.66. The molecular formula is C10H14N2O3. The van der Waals surface area contributed by atoms with Crippen LogP contribution in [0.3, 0.4) is 0 Å². The van der Waals surface area contributed by atoms with Crippen molar-refractivity contribution in [3.63, 3.8) is 0 Å². The summed E-state index contributed by atoms with van der Waals surface area (Å²) in [5.41, 5.74) is 6.01. The van der Waals surface area contributed by atoms with E-state index in [-0.39, 0.29) is 12.0 Å². The van der Waals surface area contributed by atoms with Crippen LogP contribution < -0.4 is 11.1 Å². The number of ketones is 1. The van der Waals surface area contributed by atoms with E-state index in [0.29, 0.717) is 13.1 Å². The number of allylic oxidation sites excluding steroid dienone is 2. The highest BCUT2D eigenvalue weighted by atomic mass is 16.3. The number of aliphatic hydroxyl groups is 1. The molecular weight excluding hydrogens is 196 g/mol. The molecule has 0 aromatic carbocycles. The van der Waals surface area contributed by atoms with Gasteiger partial charge in [0, 0.05) is 19.5 Å². The highest BCUT2D eigenvalue weighted by molar-refractivity contribution is 6.08. The van der Waals surface area contributed by atoms with E-state index in [9.17, 15) is 14.7 Å². The summed E-state index contributed by atoms with van der Waals surface area (Å²) in [5.74, 6) is -1.35. The first-order valence-electron chi connectivity index (χ1n) is 4.68. The van der Waals surface area contributed by atoms with E-state index in [4.69, 9.17) is 5.73 Å². The number of nitrogens with two attached hydrogens (primary N) is 1. The average molecular weight is 210 g/mol. The van der Waals surface area contributed by atoms with E-state index < -0.39 is 17.4 Å². The molecule has 0 heterocycles. The zero-order valence-corrected chi connectivity index (χ0v) is 8.54. The first-order chi connectivity index (χ1) is 7.06. The number of carbonyl (C=O) groups excluding carboxylic acids is 2. The second-order valence-corrected chi connectivity index (χ2v) is 3.40. The summed E-state index contributed by atoms with van der Waals surface area (Å²) in [6.45, 7) is 2.37. The van der Waals surface area contributed by atoms with Crippen LogP contribution in [0.2, 0.25) is 0 Å². The Balaban J connectivity index is 2.87. The number of amides is 1. The molecule has 1 rings (SSSR count). The van der Waals surface area contributed by atoms with Crippen LogP contribution in [-0.4, -0.2) is 29.9 Å². The van der Waals surface area contributed by atoms with Crippen molar-refractivity contribution in [2.45, 2.75) is 13.3 Å². The molecule has 5 nitrogen and oxygen atoms in total. The Morgan fingerprint density at radius 1 is 1.67 bits per heavy atom. The Hall–Kier alpha value is -1.62. The van der Waals surface area contributed by atoms with Gasteiger partial charge in [-0.2, -0.15) is 0 Å². The van der Waals surface area contributed by atoms with E-state index >= 15 is 0 Å². The Labute approximate surface area is 87.6 Å². The van der Waals surface area contributed by atoms with Gasteiger partial charge in [0.2, 0.25) is 5.78 Å². The van der Waals surface area contributed by atoms with Gasteiger partial charge in [0.05, 0.1) is 5.57 Å². The number of aliphatic hydroxyl groups excluding tert-OH is 1. The lowest BCUT2D eigenvalue weighted by Crippen LogP contribution is -2.31. The van der Waals surface area contributed by atoms with Crippen molar-refractivity contribution < 1.29 is 14.7 Å². The van der Waals surface area contributed by atoms with Gasteiger partial charge >= 0.3 is 0 Å². The van der Waals surface area contributed by atoms with Crippen molar-refractivity contribution in [1.29, 1.82) is 0 Å². The molecule has 15 heavy (non-hydrogen) atoms. The highest BCUT2D eigenvalue weighted by Gasteiger charge is 2.23. The summed E-state index contributed by atoms with van der Waals surface area (Å²) < 4.78 is 0. The topological polar surface area (TPSA) is 92.4 Å². The van der Waals surface area contributed by atoms with Gasteiger partial charge in [-0.1, -0.05) is 5.57 Å². The SMILES string of the molecule is CC1=CC(C(=O)NCCN)=C(O)C(=O)C1. The molecule has 0 spiro atoms. The molecule has 1 aliphatic rings. The monoisotopic (exact) mass is 210 g/mol. The second-order valence-electron chi connectivity index (χ2n) is 3.40. The van der Waals surface area contributed by atoms with E-state index in [0.717, 1.165) is 5.57 Å². The summed E-state index contributed by atoms with van der Waals surface area (Å²) in [6, 6.07) is 0. The number of carbonyl (C=O) groups is 2. The van der Waals surface area contributed by atoms with Gasteiger partial charge in [-0.05, 0) is 13.0 Å². The van der Waals surface area contributed by atoms with Crippen LogP contribution in [0.4, 0.5) is 0 Å². The molecule has 1 aliphatic carbocycles.